The molecule has 0 atom stereocenters. The van der Waals surface area contributed by atoms with Gasteiger partial charge in [0.05, 0.1) is 11.1 Å². The Hall–Kier alpha value is -2.35. The number of para-hydroxylation sites is 1. The third kappa shape index (κ3) is 1.76. The predicted molar refractivity (Wildman–Crippen MR) is 79.4 cm³/mol. The fourth-order valence-electron chi connectivity index (χ4n) is 2.60. The summed E-state index contributed by atoms with van der Waals surface area (Å²) in [5.41, 5.74) is 3.85. The summed E-state index contributed by atoms with van der Waals surface area (Å²) in [5.74, 6) is 0. The van der Waals surface area contributed by atoms with Crippen molar-refractivity contribution in [3.8, 4) is 11.1 Å². The molecule has 3 rings (SSSR count). The lowest BCUT2D eigenvalue weighted by atomic mass is 9.98. The van der Waals surface area contributed by atoms with Gasteiger partial charge in [0, 0.05) is 12.4 Å². The van der Waals surface area contributed by atoms with E-state index in [1.54, 1.807) is 4.57 Å². The highest BCUT2D eigenvalue weighted by molar-refractivity contribution is 5.88. The molecule has 0 aliphatic carbocycles. The molecule has 0 unspecified atom stereocenters. The van der Waals surface area contributed by atoms with Crippen LogP contribution in [-0.4, -0.2) is 4.57 Å². The van der Waals surface area contributed by atoms with E-state index in [0.717, 1.165) is 27.6 Å². The summed E-state index contributed by atoms with van der Waals surface area (Å²) in [7, 11) is 1.83. The van der Waals surface area contributed by atoms with Crippen molar-refractivity contribution >= 4 is 10.9 Å². The molecule has 3 aromatic rings. The number of aromatic nitrogens is 1. The van der Waals surface area contributed by atoms with E-state index in [1.807, 2.05) is 62.5 Å². The summed E-state index contributed by atoms with van der Waals surface area (Å²) in [5, 5.41) is 1.13. The Morgan fingerprint density at radius 1 is 0.895 bits per heavy atom. The molecular formula is C17H15NO. The first kappa shape index (κ1) is 11.7. The van der Waals surface area contributed by atoms with Crippen LogP contribution in [0.25, 0.3) is 22.0 Å². The van der Waals surface area contributed by atoms with Crippen LogP contribution in [0, 0.1) is 6.92 Å². The quantitative estimate of drug-likeness (QED) is 0.647. The number of pyridine rings is 1. The molecule has 0 amide bonds. The summed E-state index contributed by atoms with van der Waals surface area (Å²) >= 11 is 0. The third-order valence-corrected chi connectivity index (χ3v) is 3.63. The molecular weight excluding hydrogens is 234 g/mol. The minimum absolute atomic E-state index is 0.0578. The second kappa shape index (κ2) is 4.39. The zero-order valence-corrected chi connectivity index (χ0v) is 11.1. The Kier molecular flexibility index (Phi) is 2.71. The number of hydrogen-bond donors (Lipinski definition) is 0. The van der Waals surface area contributed by atoms with Crippen molar-refractivity contribution in [3.63, 3.8) is 0 Å². The highest BCUT2D eigenvalue weighted by Gasteiger charge is 2.12. The molecule has 2 nitrogen and oxygen atoms in total. The van der Waals surface area contributed by atoms with Gasteiger partial charge in [0.15, 0.2) is 0 Å². The number of fused-ring (bicyclic) bond motifs is 1. The minimum atomic E-state index is 0.0578. The molecule has 0 aliphatic rings. The maximum absolute atomic E-state index is 12.6. The van der Waals surface area contributed by atoms with Crippen LogP contribution in [0.1, 0.15) is 5.56 Å². The Bertz CT molecular complexity index is 801. The summed E-state index contributed by atoms with van der Waals surface area (Å²) in [4.78, 5) is 12.6. The molecule has 94 valence electrons. The van der Waals surface area contributed by atoms with Crippen molar-refractivity contribution in [2.24, 2.45) is 7.05 Å². The maximum Gasteiger partial charge on any atom is 0.258 e. The lowest BCUT2D eigenvalue weighted by molar-refractivity contribution is 0.906. The Morgan fingerprint density at radius 3 is 2.26 bits per heavy atom. The normalized spacial score (nSPS) is 10.8. The van der Waals surface area contributed by atoms with Crippen molar-refractivity contribution in [2.45, 2.75) is 6.92 Å². The average Bonchev–Trinajstić information content (AvgIpc) is 2.46. The van der Waals surface area contributed by atoms with E-state index in [1.165, 1.54) is 0 Å². The fourth-order valence-corrected chi connectivity index (χ4v) is 2.60. The molecule has 1 heterocycles. The van der Waals surface area contributed by atoms with Crippen LogP contribution < -0.4 is 5.56 Å². The minimum Gasteiger partial charge on any atom is -0.311 e. The van der Waals surface area contributed by atoms with Crippen LogP contribution in [0.15, 0.2) is 59.4 Å². The molecule has 0 aliphatic heterocycles. The smallest absolute Gasteiger partial charge is 0.258 e. The van der Waals surface area contributed by atoms with Crippen molar-refractivity contribution in [2.75, 3.05) is 0 Å². The van der Waals surface area contributed by atoms with E-state index in [-0.39, 0.29) is 5.56 Å². The number of hydrogen-bond acceptors (Lipinski definition) is 1. The molecule has 0 spiro atoms. The molecule has 0 saturated carbocycles. The van der Waals surface area contributed by atoms with Gasteiger partial charge in [-0.1, -0.05) is 48.5 Å². The van der Waals surface area contributed by atoms with Gasteiger partial charge in [-0.25, -0.2) is 0 Å². The number of benzene rings is 2. The predicted octanol–water partition coefficient (Wildman–Crippen LogP) is 3.51. The SMILES string of the molecule is Cc1c(-c2ccccc2)c(=O)n(C)c2ccccc12. The van der Waals surface area contributed by atoms with Crippen LogP contribution in [0.5, 0.6) is 0 Å². The highest BCUT2D eigenvalue weighted by Crippen LogP contribution is 2.25. The van der Waals surface area contributed by atoms with E-state index in [2.05, 4.69) is 6.07 Å². The first-order valence-corrected chi connectivity index (χ1v) is 6.34. The van der Waals surface area contributed by atoms with Crippen molar-refractivity contribution in [1.29, 1.82) is 0 Å². The lowest BCUT2D eigenvalue weighted by Crippen LogP contribution is -2.20. The van der Waals surface area contributed by atoms with Gasteiger partial charge in [-0.3, -0.25) is 4.79 Å². The first-order chi connectivity index (χ1) is 9.20. The standard InChI is InChI=1S/C17H15NO/c1-12-14-10-6-7-11-15(14)18(2)17(19)16(12)13-8-4-3-5-9-13/h3-11H,1-2H3. The second-order valence-corrected chi connectivity index (χ2v) is 4.75. The van der Waals surface area contributed by atoms with E-state index >= 15 is 0 Å². The Labute approximate surface area is 111 Å². The summed E-state index contributed by atoms with van der Waals surface area (Å²) in [6.45, 7) is 2.02. The average molecular weight is 249 g/mol. The van der Waals surface area contributed by atoms with E-state index in [4.69, 9.17) is 0 Å². The van der Waals surface area contributed by atoms with Gasteiger partial charge in [0.2, 0.25) is 0 Å². The second-order valence-electron chi connectivity index (χ2n) is 4.75. The highest BCUT2D eigenvalue weighted by atomic mass is 16.1. The maximum atomic E-state index is 12.6. The van der Waals surface area contributed by atoms with Crippen molar-refractivity contribution in [3.05, 3.63) is 70.5 Å². The van der Waals surface area contributed by atoms with Gasteiger partial charge in [-0.2, -0.15) is 0 Å². The van der Waals surface area contributed by atoms with Crippen LogP contribution in [0.2, 0.25) is 0 Å². The number of rotatable bonds is 1. The zero-order valence-electron chi connectivity index (χ0n) is 11.1. The topological polar surface area (TPSA) is 22.0 Å². The van der Waals surface area contributed by atoms with Gasteiger partial charge >= 0.3 is 0 Å². The van der Waals surface area contributed by atoms with Crippen LogP contribution in [0.4, 0.5) is 0 Å². The molecule has 0 N–H and O–H groups in total. The van der Waals surface area contributed by atoms with Crippen LogP contribution in [-0.2, 0) is 7.05 Å². The Balaban J connectivity index is 2.48. The molecule has 1 aromatic heterocycles. The lowest BCUT2D eigenvalue weighted by Gasteiger charge is -2.13. The monoisotopic (exact) mass is 249 g/mol. The summed E-state index contributed by atoms with van der Waals surface area (Å²) in [6.07, 6.45) is 0. The van der Waals surface area contributed by atoms with E-state index in [9.17, 15) is 4.79 Å². The van der Waals surface area contributed by atoms with Gasteiger partial charge in [0.25, 0.3) is 5.56 Å². The summed E-state index contributed by atoms with van der Waals surface area (Å²) < 4.78 is 1.73. The molecule has 0 fully saturated rings. The number of aryl methyl sites for hydroxylation is 2. The molecule has 0 saturated heterocycles. The first-order valence-electron chi connectivity index (χ1n) is 6.34. The largest absolute Gasteiger partial charge is 0.311 e. The van der Waals surface area contributed by atoms with Gasteiger partial charge in [-0.05, 0) is 24.1 Å². The van der Waals surface area contributed by atoms with Gasteiger partial charge < -0.3 is 4.57 Å². The van der Waals surface area contributed by atoms with E-state index < -0.39 is 0 Å². The molecule has 0 radical (unpaired) electrons. The van der Waals surface area contributed by atoms with Crippen LogP contribution in [0.3, 0.4) is 0 Å². The molecule has 2 heteroatoms. The third-order valence-electron chi connectivity index (χ3n) is 3.63. The molecule has 0 bridgehead atoms. The van der Waals surface area contributed by atoms with Gasteiger partial charge in [0.1, 0.15) is 0 Å². The van der Waals surface area contributed by atoms with Crippen molar-refractivity contribution in [1.82, 2.24) is 4.57 Å². The number of nitrogens with zero attached hydrogens (tertiary/aromatic N) is 1. The van der Waals surface area contributed by atoms with Crippen LogP contribution >= 0.6 is 0 Å². The fraction of sp³-hybridized carbons (Fsp3) is 0.118. The summed E-state index contributed by atoms with van der Waals surface area (Å²) in [6, 6.07) is 17.9. The van der Waals surface area contributed by atoms with Gasteiger partial charge in [-0.15, -0.1) is 0 Å². The van der Waals surface area contributed by atoms with E-state index in [0.29, 0.717) is 0 Å². The molecule has 19 heavy (non-hydrogen) atoms. The zero-order chi connectivity index (χ0) is 13.4. The Morgan fingerprint density at radius 2 is 1.53 bits per heavy atom. The van der Waals surface area contributed by atoms with Crippen molar-refractivity contribution < 1.29 is 0 Å². The molecule has 2 aromatic carbocycles.